The highest BCUT2D eigenvalue weighted by atomic mass is 32.2. The molecule has 178 valence electrons. The quantitative estimate of drug-likeness (QED) is 0.307. The van der Waals surface area contributed by atoms with Crippen LogP contribution in [0, 0.1) is 17.0 Å². The zero-order chi connectivity index (χ0) is 24.3. The van der Waals surface area contributed by atoms with Gasteiger partial charge in [0.05, 0.1) is 4.92 Å². The Bertz CT molecular complexity index is 1270. The van der Waals surface area contributed by atoms with E-state index in [0.29, 0.717) is 38.3 Å². The minimum absolute atomic E-state index is 0.00333. The highest BCUT2D eigenvalue weighted by Crippen LogP contribution is 2.27. The van der Waals surface area contributed by atoms with Crippen molar-refractivity contribution in [1.29, 1.82) is 0 Å². The number of rotatable bonds is 7. The zero-order valence-electron chi connectivity index (χ0n) is 18.6. The van der Waals surface area contributed by atoms with Crippen LogP contribution in [0.3, 0.4) is 0 Å². The van der Waals surface area contributed by atoms with Crippen LogP contribution in [0.1, 0.15) is 11.1 Å². The lowest BCUT2D eigenvalue weighted by Crippen LogP contribution is -2.46. The maximum absolute atomic E-state index is 12.5. The fraction of sp³-hybridized carbons (Fsp3) is 0.250. The summed E-state index contributed by atoms with van der Waals surface area (Å²) in [7, 11) is -3.90. The van der Waals surface area contributed by atoms with Gasteiger partial charge in [-0.2, -0.15) is 8.42 Å². The maximum Gasteiger partial charge on any atom is 0.339 e. The molecule has 3 aromatic rings. The Morgan fingerprint density at radius 1 is 0.971 bits per heavy atom. The number of aryl methyl sites for hydroxylation is 1. The van der Waals surface area contributed by atoms with Gasteiger partial charge in [0.25, 0.3) is 5.69 Å². The second kappa shape index (κ2) is 9.70. The van der Waals surface area contributed by atoms with Crippen molar-refractivity contribution in [3.8, 4) is 11.5 Å². The summed E-state index contributed by atoms with van der Waals surface area (Å²) in [4.78, 5) is 15.2. The number of piperazine rings is 1. The molecule has 0 amide bonds. The average molecular weight is 484 g/mol. The lowest BCUT2D eigenvalue weighted by molar-refractivity contribution is -0.385. The Morgan fingerprint density at radius 2 is 1.62 bits per heavy atom. The van der Waals surface area contributed by atoms with Crippen molar-refractivity contribution in [3.05, 3.63) is 88.0 Å². The molecule has 0 spiro atoms. The van der Waals surface area contributed by atoms with Crippen molar-refractivity contribution in [2.24, 2.45) is 0 Å². The molecule has 0 aliphatic carbocycles. The van der Waals surface area contributed by atoms with E-state index in [0.717, 1.165) is 11.3 Å². The second-order valence-electron chi connectivity index (χ2n) is 8.18. The van der Waals surface area contributed by atoms with E-state index < -0.39 is 15.0 Å². The molecule has 0 saturated carbocycles. The molecular weight excluding hydrogens is 458 g/mol. The van der Waals surface area contributed by atoms with Crippen molar-refractivity contribution in [1.82, 2.24) is 4.90 Å². The van der Waals surface area contributed by atoms with E-state index in [1.165, 1.54) is 30.3 Å². The number of anilines is 1. The minimum Gasteiger partial charge on any atom is -0.508 e. The van der Waals surface area contributed by atoms with Crippen LogP contribution in [-0.4, -0.2) is 49.5 Å². The first kappa shape index (κ1) is 23.5. The van der Waals surface area contributed by atoms with Gasteiger partial charge in [-0.3, -0.25) is 15.0 Å². The molecule has 0 aromatic heterocycles. The van der Waals surface area contributed by atoms with Crippen LogP contribution in [0.15, 0.2) is 71.6 Å². The predicted molar refractivity (Wildman–Crippen MR) is 128 cm³/mol. The van der Waals surface area contributed by atoms with Crippen molar-refractivity contribution >= 4 is 21.5 Å². The Morgan fingerprint density at radius 3 is 2.24 bits per heavy atom. The minimum atomic E-state index is -3.90. The molecule has 1 aliphatic heterocycles. The fourth-order valence-electron chi connectivity index (χ4n) is 3.87. The third-order valence-corrected chi connectivity index (χ3v) is 7.00. The molecule has 1 N–H and O–H groups in total. The van der Waals surface area contributed by atoms with E-state index in [9.17, 15) is 23.6 Å². The number of phenols is 1. The first-order chi connectivity index (χ1) is 16.2. The molecule has 10 heteroatoms. The highest BCUT2D eigenvalue weighted by molar-refractivity contribution is 7.87. The number of benzene rings is 3. The van der Waals surface area contributed by atoms with Crippen LogP contribution in [-0.2, 0) is 16.7 Å². The van der Waals surface area contributed by atoms with Gasteiger partial charge >= 0.3 is 10.1 Å². The van der Waals surface area contributed by atoms with Gasteiger partial charge in [-0.1, -0.05) is 17.7 Å². The van der Waals surface area contributed by atoms with Gasteiger partial charge in [-0.15, -0.1) is 0 Å². The Balaban J connectivity index is 1.36. The number of hydrogen-bond acceptors (Lipinski definition) is 8. The maximum atomic E-state index is 12.5. The molecule has 0 atom stereocenters. The molecule has 1 fully saturated rings. The van der Waals surface area contributed by atoms with Crippen LogP contribution in [0.2, 0.25) is 0 Å². The summed E-state index contributed by atoms with van der Waals surface area (Å²) in [5.74, 6) is 0.241. The molecule has 9 nitrogen and oxygen atoms in total. The monoisotopic (exact) mass is 483 g/mol. The average Bonchev–Trinajstić information content (AvgIpc) is 2.80. The molecule has 34 heavy (non-hydrogen) atoms. The number of hydrogen-bond donors (Lipinski definition) is 1. The Hall–Kier alpha value is -3.63. The van der Waals surface area contributed by atoms with E-state index >= 15 is 0 Å². The zero-order valence-corrected chi connectivity index (χ0v) is 19.4. The van der Waals surface area contributed by atoms with E-state index in [2.05, 4.69) is 9.80 Å². The van der Waals surface area contributed by atoms with Crippen molar-refractivity contribution in [2.45, 2.75) is 18.4 Å². The number of nitro groups is 1. The van der Waals surface area contributed by atoms with Gasteiger partial charge in [-0.05, 0) is 55.5 Å². The number of phenolic OH excluding ortho intramolecular Hbond substituents is 1. The molecule has 3 aromatic carbocycles. The first-order valence-electron chi connectivity index (χ1n) is 10.8. The molecule has 0 radical (unpaired) electrons. The fourth-order valence-corrected chi connectivity index (χ4v) is 4.80. The van der Waals surface area contributed by atoms with Crippen molar-refractivity contribution in [2.75, 3.05) is 31.1 Å². The van der Waals surface area contributed by atoms with Gasteiger partial charge < -0.3 is 14.2 Å². The molecule has 1 heterocycles. The highest BCUT2D eigenvalue weighted by Gasteiger charge is 2.22. The smallest absolute Gasteiger partial charge is 0.339 e. The van der Waals surface area contributed by atoms with Gasteiger partial charge in [0.15, 0.2) is 0 Å². The molecular formula is C24H25N3O6S. The topological polar surface area (TPSA) is 113 Å². The normalized spacial score (nSPS) is 14.7. The lowest BCUT2D eigenvalue weighted by atomic mass is 10.1. The van der Waals surface area contributed by atoms with Gasteiger partial charge in [0, 0.05) is 50.0 Å². The molecule has 0 unspecified atom stereocenters. The van der Waals surface area contributed by atoms with E-state index in [1.54, 1.807) is 24.3 Å². The lowest BCUT2D eigenvalue weighted by Gasteiger charge is -2.36. The molecule has 4 rings (SSSR count). The summed E-state index contributed by atoms with van der Waals surface area (Å²) in [6.07, 6.45) is 0. The number of nitrogens with zero attached hydrogens (tertiary/aromatic N) is 3. The third-order valence-electron chi connectivity index (χ3n) is 5.74. The van der Waals surface area contributed by atoms with E-state index in [4.69, 9.17) is 4.18 Å². The van der Waals surface area contributed by atoms with Gasteiger partial charge in [0.2, 0.25) is 0 Å². The van der Waals surface area contributed by atoms with Crippen LogP contribution >= 0.6 is 0 Å². The van der Waals surface area contributed by atoms with Crippen molar-refractivity contribution in [3.63, 3.8) is 0 Å². The van der Waals surface area contributed by atoms with E-state index in [-0.39, 0.29) is 22.1 Å². The molecule has 0 bridgehead atoms. The predicted octanol–water partition coefficient (Wildman–Crippen LogP) is 3.70. The Labute approximate surface area is 198 Å². The van der Waals surface area contributed by atoms with Crippen LogP contribution < -0.4 is 9.08 Å². The van der Waals surface area contributed by atoms with Crippen LogP contribution in [0.4, 0.5) is 11.4 Å². The Kier molecular flexibility index (Phi) is 6.71. The second-order valence-corrected chi connectivity index (χ2v) is 9.72. The standard InChI is InChI=1S/C24H25N3O6S/c1-18-2-9-23(10-3-18)34(31,32)33-22-7-4-20(5-8-22)26-14-12-25(13-15-26)17-19-16-21(28)6-11-24(19)27(29)30/h2-11,16,28H,12-15,17H2,1H3. The third kappa shape index (κ3) is 5.46. The summed E-state index contributed by atoms with van der Waals surface area (Å²) in [6.45, 7) is 5.04. The van der Waals surface area contributed by atoms with E-state index in [1.807, 2.05) is 19.1 Å². The molecule has 1 saturated heterocycles. The van der Waals surface area contributed by atoms with Crippen LogP contribution in [0.25, 0.3) is 0 Å². The summed E-state index contributed by atoms with van der Waals surface area (Å²) < 4.78 is 30.2. The van der Waals surface area contributed by atoms with Crippen LogP contribution in [0.5, 0.6) is 11.5 Å². The SMILES string of the molecule is Cc1ccc(S(=O)(=O)Oc2ccc(N3CCN(Cc4cc(O)ccc4[N+](=O)[O-])CC3)cc2)cc1. The summed E-state index contributed by atoms with van der Waals surface area (Å²) in [6, 6.07) is 17.4. The van der Waals surface area contributed by atoms with Gasteiger partial charge in [0.1, 0.15) is 16.4 Å². The first-order valence-corrected chi connectivity index (χ1v) is 12.2. The van der Waals surface area contributed by atoms with Gasteiger partial charge in [-0.25, -0.2) is 0 Å². The number of nitro benzene ring substituents is 1. The number of aromatic hydroxyl groups is 1. The summed E-state index contributed by atoms with van der Waals surface area (Å²) in [5, 5.41) is 21.0. The summed E-state index contributed by atoms with van der Waals surface area (Å²) >= 11 is 0. The molecule has 1 aliphatic rings. The van der Waals surface area contributed by atoms with Crippen molar-refractivity contribution < 1.29 is 22.6 Å². The summed E-state index contributed by atoms with van der Waals surface area (Å²) in [5.41, 5.74) is 2.37. The largest absolute Gasteiger partial charge is 0.508 e.